The van der Waals surface area contributed by atoms with Gasteiger partial charge in [-0.3, -0.25) is 14.5 Å². The number of amides is 1. The summed E-state index contributed by atoms with van der Waals surface area (Å²) in [6.45, 7) is 18.2. The molecule has 1 aromatic heterocycles. The number of ether oxygens (including phenoxy) is 3. The standard InChI is InChI=1S/C39H54N4O8S/c1-25(2)24-52(46,47)42-33-22-29(38(4,5)6)21-32(35(33)48-10)41-36(44)28-12-11-26(3)34(20-28)49-31-13-16-40-30(23-31)19-27-14-17-43(18-15-27)51-37(45)50-39(7,8)9/h11-13,16,20-23,25,27,42H,14-15,17-19,24H2,1-10H3,(H,41,44). The summed E-state index contributed by atoms with van der Waals surface area (Å²) in [7, 11) is -2.24. The molecule has 1 fully saturated rings. The predicted molar refractivity (Wildman–Crippen MR) is 203 cm³/mol. The van der Waals surface area contributed by atoms with Gasteiger partial charge in [0.1, 0.15) is 17.1 Å². The molecule has 4 rings (SSSR count). The van der Waals surface area contributed by atoms with Gasteiger partial charge in [-0.25, -0.2) is 13.2 Å². The molecule has 284 valence electrons. The monoisotopic (exact) mass is 738 g/mol. The van der Waals surface area contributed by atoms with Gasteiger partial charge >= 0.3 is 6.16 Å². The number of hydroxylamine groups is 2. The van der Waals surface area contributed by atoms with Crippen molar-refractivity contribution in [3.8, 4) is 17.2 Å². The first kappa shape index (κ1) is 40.4. The first-order valence-electron chi connectivity index (χ1n) is 17.6. The van der Waals surface area contributed by atoms with Crippen molar-refractivity contribution in [1.29, 1.82) is 0 Å². The number of benzene rings is 2. The molecule has 1 amide bonds. The van der Waals surface area contributed by atoms with Crippen LogP contribution in [0.4, 0.5) is 16.2 Å². The third-order valence-corrected chi connectivity index (χ3v) is 9.99. The Balaban J connectivity index is 1.47. The molecule has 0 spiro atoms. The highest BCUT2D eigenvalue weighted by molar-refractivity contribution is 7.92. The molecule has 2 N–H and O–H groups in total. The van der Waals surface area contributed by atoms with Crippen molar-refractivity contribution in [3.05, 3.63) is 71.0 Å². The summed E-state index contributed by atoms with van der Waals surface area (Å²) in [4.78, 5) is 35.7. The van der Waals surface area contributed by atoms with Crippen LogP contribution in [0.3, 0.4) is 0 Å². The van der Waals surface area contributed by atoms with Crippen molar-refractivity contribution >= 4 is 33.5 Å². The molecule has 12 nitrogen and oxygen atoms in total. The molecular formula is C39H54N4O8S. The van der Waals surface area contributed by atoms with E-state index < -0.39 is 27.7 Å². The molecule has 0 radical (unpaired) electrons. The van der Waals surface area contributed by atoms with E-state index in [-0.39, 0.29) is 28.5 Å². The minimum absolute atomic E-state index is 0.0607. The lowest BCUT2D eigenvalue weighted by atomic mass is 9.86. The first-order chi connectivity index (χ1) is 24.2. The second kappa shape index (κ2) is 16.5. The molecule has 1 aliphatic rings. The highest BCUT2D eigenvalue weighted by Gasteiger charge is 2.27. The van der Waals surface area contributed by atoms with E-state index >= 15 is 0 Å². The normalized spacial score (nSPS) is 14.5. The van der Waals surface area contributed by atoms with E-state index in [0.29, 0.717) is 41.8 Å². The Kier molecular flexibility index (Phi) is 12.9. The molecule has 0 bridgehead atoms. The summed E-state index contributed by atoms with van der Waals surface area (Å²) in [5.74, 6) is 1.11. The molecule has 0 saturated carbocycles. The molecule has 2 heterocycles. The number of aromatic nitrogens is 1. The fourth-order valence-electron chi connectivity index (χ4n) is 5.78. The molecule has 0 unspecified atom stereocenters. The predicted octanol–water partition coefficient (Wildman–Crippen LogP) is 8.26. The fraction of sp³-hybridized carbons (Fsp3) is 0.513. The maximum atomic E-state index is 13.7. The highest BCUT2D eigenvalue weighted by Crippen LogP contribution is 2.40. The Morgan fingerprint density at radius 2 is 1.65 bits per heavy atom. The number of pyridine rings is 1. The Morgan fingerprint density at radius 3 is 2.27 bits per heavy atom. The van der Waals surface area contributed by atoms with Crippen LogP contribution in [0.2, 0.25) is 0 Å². The average molecular weight is 739 g/mol. The molecule has 52 heavy (non-hydrogen) atoms. The number of hydrogen-bond acceptors (Lipinski definition) is 10. The summed E-state index contributed by atoms with van der Waals surface area (Å²) in [6, 6.07) is 12.4. The largest absolute Gasteiger partial charge is 0.528 e. The number of sulfonamides is 1. The van der Waals surface area contributed by atoms with E-state index in [1.54, 1.807) is 62.4 Å². The first-order valence-corrected chi connectivity index (χ1v) is 19.3. The van der Waals surface area contributed by atoms with Crippen LogP contribution in [-0.4, -0.2) is 62.1 Å². The smallest absolute Gasteiger partial charge is 0.492 e. The van der Waals surface area contributed by atoms with Gasteiger partial charge in [0.15, 0.2) is 5.75 Å². The third-order valence-electron chi connectivity index (χ3n) is 8.36. The second-order valence-corrected chi connectivity index (χ2v) is 17.6. The molecule has 0 aliphatic carbocycles. The Labute approximate surface area is 308 Å². The Morgan fingerprint density at radius 1 is 0.981 bits per heavy atom. The minimum Gasteiger partial charge on any atom is -0.492 e. The van der Waals surface area contributed by atoms with Gasteiger partial charge < -0.3 is 24.4 Å². The lowest BCUT2D eigenvalue weighted by molar-refractivity contribution is -0.155. The van der Waals surface area contributed by atoms with E-state index in [1.165, 1.54) is 7.11 Å². The van der Waals surface area contributed by atoms with Crippen LogP contribution in [0.1, 0.15) is 95.4 Å². The van der Waals surface area contributed by atoms with Gasteiger partial charge in [0.25, 0.3) is 5.91 Å². The summed E-state index contributed by atoms with van der Waals surface area (Å²) in [6.07, 6.45) is 3.42. The van der Waals surface area contributed by atoms with Crippen molar-refractivity contribution in [2.45, 2.75) is 92.6 Å². The zero-order chi connectivity index (χ0) is 38.4. The highest BCUT2D eigenvalue weighted by atomic mass is 32.2. The van der Waals surface area contributed by atoms with Crippen LogP contribution in [0, 0.1) is 18.8 Å². The molecule has 3 aromatic rings. The zero-order valence-corrected chi connectivity index (χ0v) is 32.9. The number of nitrogens with zero attached hydrogens (tertiary/aromatic N) is 2. The third kappa shape index (κ3) is 11.8. The van der Waals surface area contributed by atoms with Crippen molar-refractivity contribution < 1.29 is 37.1 Å². The van der Waals surface area contributed by atoms with E-state index in [0.717, 1.165) is 36.1 Å². The number of carbonyl (C=O) groups is 2. The van der Waals surface area contributed by atoms with E-state index in [1.807, 2.05) is 53.7 Å². The number of rotatable bonds is 12. The number of nitrogens with one attached hydrogen (secondary N) is 2. The van der Waals surface area contributed by atoms with Crippen LogP contribution in [0.15, 0.2) is 48.7 Å². The van der Waals surface area contributed by atoms with Gasteiger partial charge in [-0.15, -0.1) is 5.06 Å². The second-order valence-electron chi connectivity index (χ2n) is 15.8. The van der Waals surface area contributed by atoms with E-state index in [4.69, 9.17) is 19.0 Å². The topological polar surface area (TPSA) is 145 Å². The van der Waals surface area contributed by atoms with Crippen molar-refractivity contribution in [1.82, 2.24) is 10.0 Å². The molecule has 1 aliphatic heterocycles. The van der Waals surface area contributed by atoms with Gasteiger partial charge in [-0.05, 0) is 106 Å². The van der Waals surface area contributed by atoms with Gasteiger partial charge in [0.2, 0.25) is 10.0 Å². The summed E-state index contributed by atoms with van der Waals surface area (Å²) in [5, 5.41) is 4.59. The van der Waals surface area contributed by atoms with Crippen LogP contribution in [-0.2, 0) is 31.4 Å². The minimum atomic E-state index is -3.68. The quantitative estimate of drug-likeness (QED) is 0.174. The molecular weight excluding hydrogens is 685 g/mol. The van der Waals surface area contributed by atoms with Crippen LogP contribution >= 0.6 is 0 Å². The van der Waals surface area contributed by atoms with Gasteiger partial charge in [-0.2, -0.15) is 0 Å². The number of piperidine rings is 1. The summed E-state index contributed by atoms with van der Waals surface area (Å²) in [5.41, 5.74) is 2.50. The Hall–Kier alpha value is -4.36. The van der Waals surface area contributed by atoms with Gasteiger partial charge in [-0.1, -0.05) is 40.7 Å². The number of methoxy groups -OCH3 is 1. The summed E-state index contributed by atoms with van der Waals surface area (Å²) < 4.78 is 45.7. The van der Waals surface area contributed by atoms with Crippen LogP contribution in [0.5, 0.6) is 17.2 Å². The molecule has 13 heteroatoms. The number of hydrogen-bond donors (Lipinski definition) is 2. The maximum Gasteiger partial charge on any atom is 0.528 e. The summed E-state index contributed by atoms with van der Waals surface area (Å²) >= 11 is 0. The average Bonchev–Trinajstić information content (AvgIpc) is 3.01. The lowest BCUT2D eigenvalue weighted by Gasteiger charge is -2.30. The molecule has 2 aromatic carbocycles. The van der Waals surface area contributed by atoms with Crippen molar-refractivity contribution in [2.24, 2.45) is 11.8 Å². The SMILES string of the molecule is COc1c(NC(=O)c2ccc(C)c(Oc3ccnc(CC4CCN(OC(=O)OC(C)(C)C)CC4)c3)c2)cc(C(C)(C)C)cc1NS(=O)(=O)CC(C)C. The maximum absolute atomic E-state index is 13.7. The zero-order valence-electron chi connectivity index (χ0n) is 32.1. The van der Waals surface area contributed by atoms with Gasteiger partial charge in [0, 0.05) is 36.6 Å². The number of aryl methyl sites for hydroxylation is 1. The van der Waals surface area contributed by atoms with Crippen molar-refractivity contribution in [3.63, 3.8) is 0 Å². The lowest BCUT2D eigenvalue weighted by Crippen LogP contribution is -2.38. The van der Waals surface area contributed by atoms with Crippen molar-refractivity contribution in [2.75, 3.05) is 36.0 Å². The van der Waals surface area contributed by atoms with Crippen LogP contribution in [0.25, 0.3) is 0 Å². The number of carbonyl (C=O) groups excluding carboxylic acids is 2. The Bertz CT molecular complexity index is 1840. The number of anilines is 2. The molecule has 0 atom stereocenters. The van der Waals surface area contributed by atoms with Crippen LogP contribution < -0.4 is 19.5 Å². The van der Waals surface area contributed by atoms with E-state index in [9.17, 15) is 18.0 Å². The van der Waals surface area contributed by atoms with E-state index in [2.05, 4.69) is 15.0 Å². The fourth-order valence-corrected chi connectivity index (χ4v) is 7.22. The van der Waals surface area contributed by atoms with Gasteiger partial charge in [0.05, 0.1) is 24.2 Å². The molecule has 1 saturated heterocycles.